The molecule has 0 aliphatic rings. The maximum absolute atomic E-state index is 10.9. The van der Waals surface area contributed by atoms with Crippen LogP contribution in [0, 0.1) is 0 Å². The molecular formula is C16H12BrN3O2. The normalized spacial score (nSPS) is 10.6. The molecule has 0 atom stereocenters. The van der Waals surface area contributed by atoms with Crippen LogP contribution in [0.2, 0.25) is 0 Å². The molecule has 0 saturated heterocycles. The number of carbonyl (C=O) groups is 1. The maximum Gasteiger partial charge on any atom is 0.335 e. The van der Waals surface area contributed by atoms with Gasteiger partial charge in [0.15, 0.2) is 11.6 Å². The van der Waals surface area contributed by atoms with E-state index in [9.17, 15) is 4.79 Å². The summed E-state index contributed by atoms with van der Waals surface area (Å²) in [6.45, 7) is 0. The Morgan fingerprint density at radius 1 is 1.05 bits per heavy atom. The molecule has 0 radical (unpaired) electrons. The summed E-state index contributed by atoms with van der Waals surface area (Å²) < 4.78 is 2.68. The van der Waals surface area contributed by atoms with E-state index in [2.05, 4.69) is 26.0 Å². The molecule has 5 nitrogen and oxygen atoms in total. The standard InChI is InChI=1S/C16H12BrN3O2/c1-20-15(11-2-4-12(5-3-11)16(21)22)18-14(19-20)10-6-8-13(17)9-7-10/h2-9H,1H3,(H,21,22). The molecule has 1 N–H and O–H groups in total. The first-order valence-corrected chi connectivity index (χ1v) is 7.34. The van der Waals surface area contributed by atoms with Crippen molar-refractivity contribution in [1.82, 2.24) is 14.8 Å². The Morgan fingerprint density at radius 3 is 2.23 bits per heavy atom. The van der Waals surface area contributed by atoms with E-state index in [0.29, 0.717) is 11.6 Å². The average molecular weight is 358 g/mol. The number of benzene rings is 2. The van der Waals surface area contributed by atoms with Crippen LogP contribution in [0.25, 0.3) is 22.8 Å². The van der Waals surface area contributed by atoms with Gasteiger partial charge in [-0.15, -0.1) is 0 Å². The van der Waals surface area contributed by atoms with Crippen molar-refractivity contribution < 1.29 is 9.90 Å². The van der Waals surface area contributed by atoms with E-state index in [0.717, 1.165) is 15.6 Å². The van der Waals surface area contributed by atoms with Crippen LogP contribution >= 0.6 is 15.9 Å². The molecule has 110 valence electrons. The van der Waals surface area contributed by atoms with E-state index in [1.807, 2.05) is 31.3 Å². The molecule has 1 aromatic heterocycles. The Morgan fingerprint density at radius 2 is 1.64 bits per heavy atom. The van der Waals surface area contributed by atoms with E-state index in [-0.39, 0.29) is 5.56 Å². The number of carboxylic acids is 1. The third-order valence-corrected chi connectivity index (χ3v) is 3.78. The number of aromatic carboxylic acids is 1. The van der Waals surface area contributed by atoms with Crippen LogP contribution in [-0.4, -0.2) is 25.8 Å². The number of carboxylic acid groups (broad SMARTS) is 1. The number of rotatable bonds is 3. The van der Waals surface area contributed by atoms with Crippen molar-refractivity contribution in [2.24, 2.45) is 7.05 Å². The largest absolute Gasteiger partial charge is 0.478 e. The number of aromatic nitrogens is 3. The van der Waals surface area contributed by atoms with Crippen molar-refractivity contribution in [3.8, 4) is 22.8 Å². The summed E-state index contributed by atoms with van der Waals surface area (Å²) in [5, 5.41) is 13.4. The van der Waals surface area contributed by atoms with Crippen LogP contribution in [0.1, 0.15) is 10.4 Å². The summed E-state index contributed by atoms with van der Waals surface area (Å²) in [5.74, 6) is 0.377. The molecule has 0 aliphatic heterocycles. The van der Waals surface area contributed by atoms with E-state index in [4.69, 9.17) is 5.11 Å². The number of nitrogens with zero attached hydrogens (tertiary/aromatic N) is 3. The summed E-state index contributed by atoms with van der Waals surface area (Å²) in [6, 6.07) is 14.3. The van der Waals surface area contributed by atoms with Crippen LogP contribution < -0.4 is 0 Å². The van der Waals surface area contributed by atoms with Gasteiger partial charge in [0.1, 0.15) is 0 Å². The summed E-state index contributed by atoms with van der Waals surface area (Å²) >= 11 is 3.40. The van der Waals surface area contributed by atoms with Crippen LogP contribution in [0.3, 0.4) is 0 Å². The van der Waals surface area contributed by atoms with Crippen LogP contribution in [0.5, 0.6) is 0 Å². The molecular weight excluding hydrogens is 346 g/mol. The summed E-state index contributed by atoms with van der Waals surface area (Å²) in [4.78, 5) is 15.4. The van der Waals surface area contributed by atoms with Crippen molar-refractivity contribution in [1.29, 1.82) is 0 Å². The molecule has 3 aromatic rings. The molecule has 22 heavy (non-hydrogen) atoms. The fraction of sp³-hybridized carbons (Fsp3) is 0.0625. The van der Waals surface area contributed by atoms with E-state index < -0.39 is 5.97 Å². The zero-order chi connectivity index (χ0) is 15.7. The molecule has 6 heteroatoms. The smallest absolute Gasteiger partial charge is 0.335 e. The Bertz CT molecular complexity index is 824. The Kier molecular flexibility index (Phi) is 3.77. The fourth-order valence-corrected chi connectivity index (χ4v) is 2.38. The zero-order valence-electron chi connectivity index (χ0n) is 11.7. The van der Waals surface area contributed by atoms with Gasteiger partial charge in [-0.2, -0.15) is 5.10 Å². The molecule has 0 bridgehead atoms. The van der Waals surface area contributed by atoms with Crippen LogP contribution in [0.15, 0.2) is 53.0 Å². The van der Waals surface area contributed by atoms with Crippen molar-refractivity contribution >= 4 is 21.9 Å². The third kappa shape index (κ3) is 2.78. The molecule has 0 saturated carbocycles. The Balaban J connectivity index is 1.98. The van der Waals surface area contributed by atoms with Crippen molar-refractivity contribution in [3.63, 3.8) is 0 Å². The van der Waals surface area contributed by atoms with Gasteiger partial charge >= 0.3 is 5.97 Å². The monoisotopic (exact) mass is 357 g/mol. The highest BCUT2D eigenvalue weighted by Crippen LogP contribution is 2.23. The third-order valence-electron chi connectivity index (χ3n) is 3.26. The van der Waals surface area contributed by atoms with Crippen LogP contribution in [-0.2, 0) is 7.05 Å². The zero-order valence-corrected chi connectivity index (χ0v) is 13.3. The minimum absolute atomic E-state index is 0.249. The molecule has 0 aliphatic carbocycles. The first kappa shape index (κ1) is 14.5. The highest BCUT2D eigenvalue weighted by atomic mass is 79.9. The van der Waals surface area contributed by atoms with Gasteiger partial charge in [0.05, 0.1) is 5.56 Å². The van der Waals surface area contributed by atoms with E-state index in [1.165, 1.54) is 0 Å². The number of aryl methyl sites for hydroxylation is 1. The first-order valence-electron chi connectivity index (χ1n) is 6.55. The topological polar surface area (TPSA) is 68.0 Å². The van der Waals surface area contributed by atoms with Gasteiger partial charge in [0.2, 0.25) is 0 Å². The Labute approximate surface area is 135 Å². The van der Waals surface area contributed by atoms with Gasteiger partial charge in [0, 0.05) is 22.6 Å². The molecule has 2 aromatic carbocycles. The number of hydrogen-bond acceptors (Lipinski definition) is 3. The fourth-order valence-electron chi connectivity index (χ4n) is 2.12. The van der Waals surface area contributed by atoms with Crippen molar-refractivity contribution in [2.45, 2.75) is 0 Å². The van der Waals surface area contributed by atoms with Gasteiger partial charge in [-0.05, 0) is 24.3 Å². The van der Waals surface area contributed by atoms with Gasteiger partial charge in [-0.1, -0.05) is 40.2 Å². The highest BCUT2D eigenvalue weighted by Gasteiger charge is 2.12. The summed E-state index contributed by atoms with van der Waals surface area (Å²) in [5.41, 5.74) is 2.00. The molecule has 1 heterocycles. The van der Waals surface area contributed by atoms with Gasteiger partial charge in [-0.3, -0.25) is 0 Å². The maximum atomic E-state index is 10.9. The molecule has 0 spiro atoms. The van der Waals surface area contributed by atoms with Crippen molar-refractivity contribution in [2.75, 3.05) is 0 Å². The quantitative estimate of drug-likeness (QED) is 0.777. The highest BCUT2D eigenvalue weighted by molar-refractivity contribution is 9.10. The van der Waals surface area contributed by atoms with E-state index in [1.54, 1.807) is 28.9 Å². The molecule has 0 fully saturated rings. The summed E-state index contributed by atoms with van der Waals surface area (Å²) in [7, 11) is 1.82. The minimum atomic E-state index is -0.944. The predicted molar refractivity (Wildman–Crippen MR) is 86.5 cm³/mol. The Hall–Kier alpha value is -2.47. The second-order valence-electron chi connectivity index (χ2n) is 4.77. The lowest BCUT2D eigenvalue weighted by Crippen LogP contribution is -1.97. The van der Waals surface area contributed by atoms with E-state index >= 15 is 0 Å². The first-order chi connectivity index (χ1) is 10.5. The second kappa shape index (κ2) is 5.73. The predicted octanol–water partition coefficient (Wildman–Crippen LogP) is 3.61. The molecule has 0 amide bonds. The second-order valence-corrected chi connectivity index (χ2v) is 5.69. The lowest BCUT2D eigenvalue weighted by molar-refractivity contribution is 0.0697. The number of halogens is 1. The van der Waals surface area contributed by atoms with Gasteiger partial charge < -0.3 is 5.11 Å². The number of hydrogen-bond donors (Lipinski definition) is 1. The van der Waals surface area contributed by atoms with Crippen molar-refractivity contribution in [3.05, 3.63) is 58.6 Å². The van der Waals surface area contributed by atoms with Gasteiger partial charge in [0.25, 0.3) is 0 Å². The lowest BCUT2D eigenvalue weighted by Gasteiger charge is -2.00. The van der Waals surface area contributed by atoms with Gasteiger partial charge in [-0.25, -0.2) is 14.5 Å². The molecule has 0 unspecified atom stereocenters. The van der Waals surface area contributed by atoms with Crippen LogP contribution in [0.4, 0.5) is 0 Å². The average Bonchev–Trinajstić information content (AvgIpc) is 2.90. The lowest BCUT2D eigenvalue weighted by atomic mass is 10.1. The SMILES string of the molecule is Cn1nc(-c2ccc(Br)cc2)nc1-c1ccc(C(=O)O)cc1. The molecule has 3 rings (SSSR count). The minimum Gasteiger partial charge on any atom is -0.478 e. The summed E-state index contributed by atoms with van der Waals surface area (Å²) in [6.07, 6.45) is 0.